The lowest BCUT2D eigenvalue weighted by Gasteiger charge is -2.05. The summed E-state index contributed by atoms with van der Waals surface area (Å²) < 4.78 is 0. The molecule has 2 rings (SSSR count). The number of phenols is 1. The number of nitrogens with zero attached hydrogens (tertiary/aromatic N) is 1. The van der Waals surface area contributed by atoms with Gasteiger partial charge in [0, 0.05) is 18.4 Å². The van der Waals surface area contributed by atoms with Crippen molar-refractivity contribution in [3.05, 3.63) is 71.4 Å². The Morgan fingerprint density at radius 1 is 1.17 bits per heavy atom. The van der Waals surface area contributed by atoms with E-state index >= 15 is 0 Å². The Balaban J connectivity index is 1.95. The van der Waals surface area contributed by atoms with Gasteiger partial charge >= 0.3 is 0 Å². The predicted octanol–water partition coefficient (Wildman–Crippen LogP) is 2.84. The molecule has 0 atom stereocenters. The zero-order valence-corrected chi connectivity index (χ0v) is 12.7. The number of nitriles is 1. The molecule has 0 saturated heterocycles. The van der Waals surface area contributed by atoms with Gasteiger partial charge in [0.2, 0.25) is 0 Å². The van der Waals surface area contributed by atoms with Gasteiger partial charge in [-0.1, -0.05) is 29.8 Å². The number of anilines is 1. The first-order valence-corrected chi connectivity index (χ1v) is 7.08. The Morgan fingerprint density at radius 3 is 2.43 bits per heavy atom. The van der Waals surface area contributed by atoms with E-state index in [1.165, 1.54) is 23.9 Å². The zero-order valence-electron chi connectivity index (χ0n) is 12.7. The van der Waals surface area contributed by atoms with E-state index in [4.69, 9.17) is 5.26 Å². The third-order valence-corrected chi connectivity index (χ3v) is 3.16. The number of hydrogen-bond donors (Lipinski definition) is 3. The number of nitrogens with one attached hydrogen (secondary N) is 2. The fourth-order valence-electron chi connectivity index (χ4n) is 1.87. The van der Waals surface area contributed by atoms with E-state index in [2.05, 4.69) is 10.6 Å². The molecule has 0 fully saturated rings. The average molecular weight is 307 g/mol. The summed E-state index contributed by atoms with van der Waals surface area (Å²) >= 11 is 0. The number of amides is 1. The van der Waals surface area contributed by atoms with Crippen molar-refractivity contribution in [3.63, 3.8) is 0 Å². The molecule has 116 valence electrons. The van der Waals surface area contributed by atoms with E-state index in [0.29, 0.717) is 12.2 Å². The first-order chi connectivity index (χ1) is 11.1. The van der Waals surface area contributed by atoms with Crippen molar-refractivity contribution < 1.29 is 9.90 Å². The second-order valence-corrected chi connectivity index (χ2v) is 5.04. The molecule has 0 aliphatic heterocycles. The van der Waals surface area contributed by atoms with Gasteiger partial charge in [0.05, 0.1) is 0 Å². The van der Waals surface area contributed by atoms with Gasteiger partial charge in [-0.25, -0.2) is 0 Å². The van der Waals surface area contributed by atoms with Crippen LogP contribution in [0.1, 0.15) is 11.1 Å². The first-order valence-electron chi connectivity index (χ1n) is 7.08. The van der Waals surface area contributed by atoms with Gasteiger partial charge in [-0.2, -0.15) is 5.26 Å². The average Bonchev–Trinajstić information content (AvgIpc) is 2.55. The Morgan fingerprint density at radius 2 is 1.83 bits per heavy atom. The summed E-state index contributed by atoms with van der Waals surface area (Å²) in [7, 11) is 0. The lowest BCUT2D eigenvalue weighted by molar-refractivity contribution is -0.112. The minimum atomic E-state index is -0.505. The van der Waals surface area contributed by atoms with Crippen LogP contribution >= 0.6 is 0 Å². The second-order valence-electron chi connectivity index (χ2n) is 5.04. The van der Waals surface area contributed by atoms with Crippen molar-refractivity contribution in [2.45, 2.75) is 13.5 Å². The van der Waals surface area contributed by atoms with Crippen LogP contribution in [0.25, 0.3) is 0 Å². The van der Waals surface area contributed by atoms with Crippen LogP contribution in [0.5, 0.6) is 5.75 Å². The summed E-state index contributed by atoms with van der Waals surface area (Å²) in [6.07, 6.45) is 1.40. The van der Waals surface area contributed by atoms with Crippen LogP contribution in [-0.2, 0) is 11.3 Å². The monoisotopic (exact) mass is 307 g/mol. The van der Waals surface area contributed by atoms with Crippen LogP contribution in [0.2, 0.25) is 0 Å². The topological polar surface area (TPSA) is 85.2 Å². The highest BCUT2D eigenvalue weighted by Gasteiger charge is 2.09. The van der Waals surface area contributed by atoms with Crippen LogP contribution in [-0.4, -0.2) is 11.0 Å². The highest BCUT2D eigenvalue weighted by Crippen LogP contribution is 2.14. The van der Waals surface area contributed by atoms with Crippen molar-refractivity contribution in [2.24, 2.45) is 0 Å². The highest BCUT2D eigenvalue weighted by molar-refractivity contribution is 6.06. The van der Waals surface area contributed by atoms with Crippen molar-refractivity contribution in [1.82, 2.24) is 5.32 Å². The molecule has 5 nitrogen and oxygen atoms in total. The van der Waals surface area contributed by atoms with E-state index in [9.17, 15) is 9.90 Å². The number of benzene rings is 2. The Bertz CT molecular complexity index is 741. The van der Waals surface area contributed by atoms with Crippen LogP contribution in [0.15, 0.2) is 60.3 Å². The minimum absolute atomic E-state index is 0.0230. The molecule has 0 bridgehead atoms. The van der Waals surface area contributed by atoms with E-state index in [0.717, 1.165) is 5.56 Å². The molecule has 2 aromatic carbocycles. The zero-order chi connectivity index (χ0) is 16.7. The Kier molecular flexibility index (Phi) is 5.37. The van der Waals surface area contributed by atoms with Gasteiger partial charge in [-0.15, -0.1) is 0 Å². The van der Waals surface area contributed by atoms with E-state index in [-0.39, 0.29) is 11.3 Å². The molecule has 0 radical (unpaired) electrons. The molecule has 0 spiro atoms. The third-order valence-electron chi connectivity index (χ3n) is 3.16. The van der Waals surface area contributed by atoms with E-state index in [1.54, 1.807) is 12.1 Å². The van der Waals surface area contributed by atoms with Crippen LogP contribution in [0, 0.1) is 18.3 Å². The summed E-state index contributed by atoms with van der Waals surface area (Å²) in [4.78, 5) is 12.0. The lowest BCUT2D eigenvalue weighted by atomic mass is 10.1. The molecular formula is C18H17N3O2. The summed E-state index contributed by atoms with van der Waals surface area (Å²) in [6.45, 7) is 2.54. The SMILES string of the molecule is Cc1ccc(CN/C=C(/C#N)C(=O)Nc2ccc(O)cc2)cc1. The molecule has 2 aromatic rings. The van der Waals surface area contributed by atoms with Crippen molar-refractivity contribution in [1.29, 1.82) is 5.26 Å². The number of carbonyl (C=O) groups excluding carboxylic acids is 1. The first kappa shape index (κ1) is 16.1. The molecule has 3 N–H and O–H groups in total. The van der Waals surface area contributed by atoms with Gasteiger partial charge in [0.1, 0.15) is 17.4 Å². The molecule has 0 aliphatic carbocycles. The predicted molar refractivity (Wildman–Crippen MR) is 88.5 cm³/mol. The van der Waals surface area contributed by atoms with Gasteiger partial charge in [-0.05, 0) is 36.8 Å². The molecule has 1 amide bonds. The lowest BCUT2D eigenvalue weighted by Crippen LogP contribution is -2.16. The summed E-state index contributed by atoms with van der Waals surface area (Å²) in [5.74, 6) is -0.395. The number of hydrogen-bond acceptors (Lipinski definition) is 4. The molecule has 5 heteroatoms. The highest BCUT2D eigenvalue weighted by atomic mass is 16.3. The van der Waals surface area contributed by atoms with Gasteiger partial charge in [-0.3, -0.25) is 4.79 Å². The molecule has 0 saturated carbocycles. The Hall–Kier alpha value is -3.26. The number of aryl methyl sites for hydroxylation is 1. The summed E-state index contributed by atoms with van der Waals surface area (Å²) in [6, 6.07) is 15.9. The smallest absolute Gasteiger partial charge is 0.267 e. The van der Waals surface area contributed by atoms with Crippen molar-refractivity contribution in [2.75, 3.05) is 5.32 Å². The summed E-state index contributed by atoms with van der Waals surface area (Å²) in [5.41, 5.74) is 2.72. The molecule has 0 aromatic heterocycles. The van der Waals surface area contributed by atoms with Gasteiger partial charge < -0.3 is 15.7 Å². The fourth-order valence-corrected chi connectivity index (χ4v) is 1.87. The molecule has 0 aliphatic rings. The van der Waals surface area contributed by atoms with E-state index < -0.39 is 5.91 Å². The maximum absolute atomic E-state index is 12.0. The summed E-state index contributed by atoms with van der Waals surface area (Å²) in [5, 5.41) is 23.9. The maximum Gasteiger partial charge on any atom is 0.267 e. The second kappa shape index (κ2) is 7.66. The van der Waals surface area contributed by atoms with Gasteiger partial charge in [0.25, 0.3) is 5.91 Å². The van der Waals surface area contributed by atoms with E-state index in [1.807, 2.05) is 37.3 Å². The largest absolute Gasteiger partial charge is 0.508 e. The van der Waals surface area contributed by atoms with Crippen molar-refractivity contribution in [3.8, 4) is 11.8 Å². The molecular weight excluding hydrogens is 290 g/mol. The third kappa shape index (κ3) is 4.90. The number of phenolic OH excluding ortho intramolecular Hbond substituents is 1. The van der Waals surface area contributed by atoms with Crippen LogP contribution in [0.3, 0.4) is 0 Å². The molecule has 0 heterocycles. The normalized spacial score (nSPS) is 10.7. The van der Waals surface area contributed by atoms with Gasteiger partial charge in [0.15, 0.2) is 0 Å². The number of rotatable bonds is 5. The Labute approximate surface area is 134 Å². The van der Waals surface area contributed by atoms with Crippen LogP contribution < -0.4 is 10.6 Å². The molecule has 23 heavy (non-hydrogen) atoms. The van der Waals surface area contributed by atoms with Crippen molar-refractivity contribution >= 4 is 11.6 Å². The number of carbonyl (C=O) groups is 1. The minimum Gasteiger partial charge on any atom is -0.508 e. The maximum atomic E-state index is 12.0. The quantitative estimate of drug-likeness (QED) is 0.450. The molecule has 0 unspecified atom stereocenters. The fraction of sp³-hybridized carbons (Fsp3) is 0.111. The van der Waals surface area contributed by atoms with Crippen LogP contribution in [0.4, 0.5) is 5.69 Å². The standard InChI is InChI=1S/C18H17N3O2/c1-13-2-4-14(5-3-13)11-20-12-15(10-19)18(23)21-16-6-8-17(22)9-7-16/h2-9,12,20,22H,11H2,1H3,(H,21,23)/b15-12-. The number of aromatic hydroxyl groups is 1.